The zero-order chi connectivity index (χ0) is 18.1. The monoisotopic (exact) mass is 343 g/mol. The summed E-state index contributed by atoms with van der Waals surface area (Å²) < 4.78 is 15.3. The van der Waals surface area contributed by atoms with Crippen LogP contribution in [0.3, 0.4) is 0 Å². The molecule has 0 atom stereocenters. The SMILES string of the molecule is COC(=O)c1ccc(NC(=O)CCCOc2ccc(OC)cc2)cc1. The molecule has 0 fully saturated rings. The summed E-state index contributed by atoms with van der Waals surface area (Å²) in [5.74, 6) is 0.988. The summed E-state index contributed by atoms with van der Waals surface area (Å²) in [6, 6.07) is 13.8. The molecule has 0 radical (unpaired) electrons. The molecule has 1 N–H and O–H groups in total. The van der Waals surface area contributed by atoms with Crippen LogP contribution in [-0.4, -0.2) is 32.7 Å². The highest BCUT2D eigenvalue weighted by Crippen LogP contribution is 2.17. The fourth-order valence-corrected chi connectivity index (χ4v) is 2.13. The molecule has 0 saturated heterocycles. The number of anilines is 1. The van der Waals surface area contributed by atoms with Crippen molar-refractivity contribution in [3.8, 4) is 11.5 Å². The minimum Gasteiger partial charge on any atom is -0.497 e. The lowest BCUT2D eigenvalue weighted by Crippen LogP contribution is -2.13. The highest BCUT2D eigenvalue weighted by molar-refractivity contribution is 5.93. The summed E-state index contributed by atoms with van der Waals surface area (Å²) >= 11 is 0. The first kappa shape index (κ1) is 18.3. The number of methoxy groups -OCH3 is 2. The van der Waals surface area contributed by atoms with E-state index in [0.29, 0.717) is 30.7 Å². The molecule has 2 rings (SSSR count). The van der Waals surface area contributed by atoms with E-state index in [1.54, 1.807) is 31.4 Å². The maximum absolute atomic E-state index is 11.9. The second-order valence-corrected chi connectivity index (χ2v) is 5.24. The number of carbonyl (C=O) groups is 2. The largest absolute Gasteiger partial charge is 0.497 e. The van der Waals surface area contributed by atoms with E-state index >= 15 is 0 Å². The van der Waals surface area contributed by atoms with Crippen LogP contribution >= 0.6 is 0 Å². The van der Waals surface area contributed by atoms with Crippen molar-refractivity contribution < 1.29 is 23.8 Å². The Morgan fingerprint density at radius 1 is 0.920 bits per heavy atom. The quantitative estimate of drug-likeness (QED) is 0.588. The summed E-state index contributed by atoms with van der Waals surface area (Å²) in [5.41, 5.74) is 1.07. The van der Waals surface area contributed by atoms with Gasteiger partial charge >= 0.3 is 5.97 Å². The van der Waals surface area contributed by atoms with Crippen LogP contribution in [0.2, 0.25) is 0 Å². The average molecular weight is 343 g/mol. The Balaban J connectivity index is 1.70. The summed E-state index contributed by atoms with van der Waals surface area (Å²) in [6.07, 6.45) is 0.938. The normalized spacial score (nSPS) is 10.0. The number of benzene rings is 2. The fourth-order valence-electron chi connectivity index (χ4n) is 2.13. The van der Waals surface area contributed by atoms with Gasteiger partial charge in [0.15, 0.2) is 0 Å². The maximum Gasteiger partial charge on any atom is 0.337 e. The maximum atomic E-state index is 11.9. The average Bonchev–Trinajstić information content (AvgIpc) is 2.65. The molecule has 0 heterocycles. The minimum atomic E-state index is -0.409. The molecule has 1 amide bonds. The van der Waals surface area contributed by atoms with E-state index in [1.165, 1.54) is 7.11 Å². The zero-order valence-electron chi connectivity index (χ0n) is 14.3. The number of rotatable bonds is 8. The molecule has 0 aliphatic heterocycles. The topological polar surface area (TPSA) is 73.9 Å². The predicted octanol–water partition coefficient (Wildman–Crippen LogP) is 3.28. The van der Waals surface area contributed by atoms with Gasteiger partial charge in [-0.1, -0.05) is 0 Å². The Bertz CT molecular complexity index is 695. The van der Waals surface area contributed by atoms with Crippen LogP contribution in [0.1, 0.15) is 23.2 Å². The van der Waals surface area contributed by atoms with Crippen molar-refractivity contribution in [1.29, 1.82) is 0 Å². The predicted molar refractivity (Wildman–Crippen MR) is 94.1 cm³/mol. The Kier molecular flexibility index (Phi) is 6.83. The lowest BCUT2D eigenvalue weighted by molar-refractivity contribution is -0.116. The van der Waals surface area contributed by atoms with Crippen LogP contribution in [0.5, 0.6) is 11.5 Å². The zero-order valence-corrected chi connectivity index (χ0v) is 14.3. The molecule has 0 bridgehead atoms. The summed E-state index contributed by atoms with van der Waals surface area (Å²) in [5, 5.41) is 2.78. The van der Waals surface area contributed by atoms with Crippen molar-refractivity contribution in [1.82, 2.24) is 0 Å². The summed E-state index contributed by atoms with van der Waals surface area (Å²) in [7, 11) is 2.93. The van der Waals surface area contributed by atoms with Gasteiger partial charge in [0.2, 0.25) is 5.91 Å². The van der Waals surface area contributed by atoms with Crippen LogP contribution < -0.4 is 14.8 Å². The van der Waals surface area contributed by atoms with Crippen LogP contribution in [0, 0.1) is 0 Å². The first-order valence-electron chi connectivity index (χ1n) is 7.87. The molecule has 0 aliphatic carbocycles. The van der Waals surface area contributed by atoms with Crippen LogP contribution in [0.4, 0.5) is 5.69 Å². The van der Waals surface area contributed by atoms with Gasteiger partial charge < -0.3 is 19.5 Å². The smallest absolute Gasteiger partial charge is 0.337 e. The van der Waals surface area contributed by atoms with E-state index in [1.807, 2.05) is 24.3 Å². The number of carbonyl (C=O) groups excluding carboxylic acids is 2. The van der Waals surface area contributed by atoms with Crippen molar-refractivity contribution in [2.75, 3.05) is 26.1 Å². The second-order valence-electron chi connectivity index (χ2n) is 5.24. The van der Waals surface area contributed by atoms with Crippen molar-refractivity contribution in [3.05, 3.63) is 54.1 Å². The molecule has 0 unspecified atom stereocenters. The Morgan fingerprint density at radius 2 is 1.56 bits per heavy atom. The second kappa shape index (κ2) is 9.32. The van der Waals surface area contributed by atoms with Gasteiger partial charge in [0, 0.05) is 12.1 Å². The number of hydrogen-bond donors (Lipinski definition) is 1. The molecule has 2 aromatic rings. The minimum absolute atomic E-state index is 0.107. The molecular formula is C19H21NO5. The fraction of sp³-hybridized carbons (Fsp3) is 0.263. The first-order valence-corrected chi connectivity index (χ1v) is 7.87. The van der Waals surface area contributed by atoms with Crippen LogP contribution in [-0.2, 0) is 9.53 Å². The third-order valence-electron chi connectivity index (χ3n) is 3.47. The van der Waals surface area contributed by atoms with E-state index in [9.17, 15) is 9.59 Å². The molecule has 0 aliphatic rings. The molecule has 0 saturated carbocycles. The van der Waals surface area contributed by atoms with Gasteiger partial charge in [-0.25, -0.2) is 4.79 Å². The Morgan fingerprint density at radius 3 is 2.16 bits per heavy atom. The molecule has 2 aromatic carbocycles. The van der Waals surface area contributed by atoms with E-state index in [0.717, 1.165) is 11.5 Å². The first-order chi connectivity index (χ1) is 12.1. The van der Waals surface area contributed by atoms with Crippen molar-refractivity contribution in [2.45, 2.75) is 12.8 Å². The molecule has 25 heavy (non-hydrogen) atoms. The third kappa shape index (κ3) is 5.84. The standard InChI is InChI=1S/C19H21NO5/c1-23-16-9-11-17(12-10-16)25-13-3-4-18(21)20-15-7-5-14(6-8-15)19(22)24-2/h5-12H,3-4,13H2,1-2H3,(H,20,21). The molecule has 0 aromatic heterocycles. The molecule has 132 valence electrons. The van der Waals surface area contributed by atoms with Crippen molar-refractivity contribution in [2.24, 2.45) is 0 Å². The Labute approximate surface area is 146 Å². The molecule has 6 heteroatoms. The van der Waals surface area contributed by atoms with E-state index in [2.05, 4.69) is 10.1 Å². The Hall–Kier alpha value is -3.02. The summed E-state index contributed by atoms with van der Waals surface area (Å²) in [6.45, 7) is 0.445. The van der Waals surface area contributed by atoms with Gasteiger partial charge in [-0.2, -0.15) is 0 Å². The van der Waals surface area contributed by atoms with Crippen molar-refractivity contribution >= 4 is 17.6 Å². The van der Waals surface area contributed by atoms with E-state index in [-0.39, 0.29) is 5.91 Å². The van der Waals surface area contributed by atoms with E-state index < -0.39 is 5.97 Å². The highest BCUT2D eigenvalue weighted by Gasteiger charge is 2.06. The van der Waals surface area contributed by atoms with Gasteiger partial charge in [-0.05, 0) is 55.0 Å². The number of esters is 1. The summed E-state index contributed by atoms with van der Waals surface area (Å²) in [4.78, 5) is 23.3. The lowest BCUT2D eigenvalue weighted by atomic mass is 10.2. The number of amides is 1. The van der Waals surface area contributed by atoms with Crippen LogP contribution in [0.25, 0.3) is 0 Å². The van der Waals surface area contributed by atoms with Gasteiger partial charge in [0.25, 0.3) is 0 Å². The van der Waals surface area contributed by atoms with Gasteiger partial charge in [-0.15, -0.1) is 0 Å². The lowest BCUT2D eigenvalue weighted by Gasteiger charge is -2.08. The van der Waals surface area contributed by atoms with Crippen LogP contribution in [0.15, 0.2) is 48.5 Å². The van der Waals surface area contributed by atoms with Gasteiger partial charge in [0.1, 0.15) is 11.5 Å². The molecular weight excluding hydrogens is 322 g/mol. The highest BCUT2D eigenvalue weighted by atomic mass is 16.5. The van der Waals surface area contributed by atoms with Gasteiger partial charge in [0.05, 0.1) is 26.4 Å². The van der Waals surface area contributed by atoms with E-state index in [4.69, 9.17) is 9.47 Å². The number of ether oxygens (including phenoxy) is 3. The number of hydrogen-bond acceptors (Lipinski definition) is 5. The molecule has 6 nitrogen and oxygen atoms in total. The molecule has 0 spiro atoms. The number of nitrogens with one attached hydrogen (secondary N) is 1. The van der Waals surface area contributed by atoms with Gasteiger partial charge in [-0.3, -0.25) is 4.79 Å². The third-order valence-corrected chi connectivity index (χ3v) is 3.47. The van der Waals surface area contributed by atoms with Crippen molar-refractivity contribution in [3.63, 3.8) is 0 Å².